The molecule has 2 aliphatic carbocycles. The molecule has 0 aliphatic heterocycles. The molecule has 0 N–H and O–H groups in total. The third-order valence-electron chi connectivity index (χ3n) is 11.4. The zero-order valence-electron chi connectivity index (χ0n) is 28.7. The van der Waals surface area contributed by atoms with Gasteiger partial charge >= 0.3 is 0 Å². The summed E-state index contributed by atoms with van der Waals surface area (Å²) in [5, 5.41) is 2.71. The van der Waals surface area contributed by atoms with Crippen molar-refractivity contribution < 1.29 is 0 Å². The highest BCUT2D eigenvalue weighted by Crippen LogP contribution is 2.55. The standard InChI is InChI=1S/C48H38N2S/c1-33-44(25-26-46-47(33)41-19-11-12-20-45(41)51-46)50(38-17-9-4-10-18-38)40-24-22-35-28-30-48(43(35)32-40)29-27-34-21-23-39(31-42(34)48)49(36-13-5-2-6-14-36)37-15-7-3-8-16-37/h2-26,31-32H,27-30H2,1H3/t48-/m1/s1. The summed E-state index contributed by atoms with van der Waals surface area (Å²) in [6.07, 6.45) is 4.52. The van der Waals surface area contributed by atoms with Gasteiger partial charge in [-0.25, -0.2) is 0 Å². The molecule has 7 aromatic carbocycles. The van der Waals surface area contributed by atoms with Crippen molar-refractivity contribution in [3.63, 3.8) is 0 Å². The maximum atomic E-state index is 2.54. The Labute approximate surface area is 303 Å². The molecule has 3 heteroatoms. The van der Waals surface area contributed by atoms with Crippen LogP contribution in [-0.4, -0.2) is 0 Å². The first-order valence-corrected chi connectivity index (χ1v) is 18.9. The third-order valence-corrected chi connectivity index (χ3v) is 12.6. The lowest BCUT2D eigenvalue weighted by atomic mass is 9.76. The van der Waals surface area contributed by atoms with Crippen LogP contribution in [-0.2, 0) is 18.3 Å². The second-order valence-electron chi connectivity index (χ2n) is 14.1. The third kappa shape index (κ3) is 4.83. The minimum Gasteiger partial charge on any atom is -0.310 e. The Balaban J connectivity index is 1.12. The van der Waals surface area contributed by atoms with Crippen molar-refractivity contribution in [3.8, 4) is 0 Å². The Morgan fingerprint density at radius 2 is 0.980 bits per heavy atom. The Kier molecular flexibility index (Phi) is 7.11. The molecule has 2 nitrogen and oxygen atoms in total. The van der Waals surface area contributed by atoms with Gasteiger partial charge in [0.05, 0.1) is 0 Å². The summed E-state index contributed by atoms with van der Waals surface area (Å²) in [5.74, 6) is 0. The molecule has 8 aromatic rings. The smallest absolute Gasteiger partial charge is 0.0498 e. The maximum absolute atomic E-state index is 2.54. The maximum Gasteiger partial charge on any atom is 0.0498 e. The van der Waals surface area contributed by atoms with Crippen molar-refractivity contribution in [1.29, 1.82) is 0 Å². The first-order valence-electron chi connectivity index (χ1n) is 18.1. The molecule has 0 saturated heterocycles. The van der Waals surface area contributed by atoms with Gasteiger partial charge in [0, 0.05) is 59.7 Å². The molecule has 0 amide bonds. The van der Waals surface area contributed by atoms with Gasteiger partial charge in [0.25, 0.3) is 0 Å². The van der Waals surface area contributed by atoms with Crippen molar-refractivity contribution >= 4 is 65.6 Å². The van der Waals surface area contributed by atoms with Crippen molar-refractivity contribution in [2.45, 2.75) is 38.0 Å². The van der Waals surface area contributed by atoms with Crippen LogP contribution in [0.1, 0.15) is 40.7 Å². The SMILES string of the molecule is Cc1c(N(c2ccccc2)c2ccc3c(c2)[C@]2(CCc4ccc(N(c5ccccc5)c5ccccc5)cc42)CC3)ccc2sc3ccccc3c12. The largest absolute Gasteiger partial charge is 0.310 e. The highest BCUT2D eigenvalue weighted by Gasteiger charge is 2.45. The molecule has 246 valence electrons. The number of benzene rings is 7. The highest BCUT2D eigenvalue weighted by molar-refractivity contribution is 7.25. The van der Waals surface area contributed by atoms with Crippen LogP contribution in [0.5, 0.6) is 0 Å². The quantitative estimate of drug-likeness (QED) is 0.173. The van der Waals surface area contributed by atoms with E-state index in [4.69, 9.17) is 0 Å². The second-order valence-corrected chi connectivity index (χ2v) is 15.2. The number of rotatable bonds is 6. The van der Waals surface area contributed by atoms with Crippen LogP contribution in [0, 0.1) is 6.92 Å². The predicted molar refractivity (Wildman–Crippen MR) is 217 cm³/mol. The molecule has 0 bridgehead atoms. The lowest BCUT2D eigenvalue weighted by Gasteiger charge is -2.32. The Morgan fingerprint density at radius 1 is 0.471 bits per heavy atom. The average molecular weight is 675 g/mol. The van der Waals surface area contributed by atoms with Gasteiger partial charge in [-0.1, -0.05) is 84.9 Å². The van der Waals surface area contributed by atoms with Crippen LogP contribution >= 0.6 is 11.3 Å². The van der Waals surface area contributed by atoms with E-state index in [2.05, 4.69) is 181 Å². The number of fused-ring (bicyclic) bond motifs is 7. The number of anilines is 6. The van der Waals surface area contributed by atoms with E-state index in [1.165, 1.54) is 82.1 Å². The summed E-state index contributed by atoms with van der Waals surface area (Å²) in [4.78, 5) is 4.90. The minimum atomic E-state index is 0.000645. The zero-order valence-corrected chi connectivity index (χ0v) is 29.5. The molecule has 0 unspecified atom stereocenters. The molecule has 2 aliphatic rings. The van der Waals surface area contributed by atoms with Crippen molar-refractivity contribution in [3.05, 3.63) is 192 Å². The number of nitrogens with zero attached hydrogens (tertiary/aromatic N) is 2. The molecule has 1 heterocycles. The summed E-state index contributed by atoms with van der Waals surface area (Å²) in [5.41, 5.74) is 14.5. The summed E-state index contributed by atoms with van der Waals surface area (Å²) >= 11 is 1.89. The number of aryl methyl sites for hydroxylation is 3. The molecule has 51 heavy (non-hydrogen) atoms. The Hall–Kier alpha value is -5.64. The van der Waals surface area contributed by atoms with Crippen molar-refractivity contribution in [2.24, 2.45) is 0 Å². The first kappa shape index (κ1) is 30.2. The van der Waals surface area contributed by atoms with E-state index in [0.717, 1.165) is 25.7 Å². The van der Waals surface area contributed by atoms with Gasteiger partial charge in [0.15, 0.2) is 0 Å². The molecule has 1 atom stereocenters. The monoisotopic (exact) mass is 674 g/mol. The van der Waals surface area contributed by atoms with Crippen LogP contribution in [0.25, 0.3) is 20.2 Å². The fourth-order valence-electron chi connectivity index (χ4n) is 9.06. The zero-order chi connectivity index (χ0) is 33.9. The van der Waals surface area contributed by atoms with Crippen molar-refractivity contribution in [2.75, 3.05) is 9.80 Å². The van der Waals surface area contributed by atoms with Crippen LogP contribution in [0.2, 0.25) is 0 Å². The van der Waals surface area contributed by atoms with Crippen LogP contribution in [0.4, 0.5) is 34.1 Å². The number of hydrogen-bond acceptors (Lipinski definition) is 3. The molecule has 0 saturated carbocycles. The molecule has 1 aromatic heterocycles. The number of hydrogen-bond donors (Lipinski definition) is 0. The van der Waals surface area contributed by atoms with Crippen molar-refractivity contribution in [1.82, 2.24) is 0 Å². The van der Waals surface area contributed by atoms with E-state index < -0.39 is 0 Å². The van der Waals surface area contributed by atoms with E-state index in [-0.39, 0.29) is 5.41 Å². The number of thiophene rings is 1. The highest BCUT2D eigenvalue weighted by atomic mass is 32.1. The van der Waals surface area contributed by atoms with Gasteiger partial charge in [0.1, 0.15) is 0 Å². The summed E-state index contributed by atoms with van der Waals surface area (Å²) in [6, 6.07) is 60.6. The van der Waals surface area contributed by atoms with Gasteiger partial charge < -0.3 is 9.80 Å². The van der Waals surface area contributed by atoms with Gasteiger partial charge in [0.2, 0.25) is 0 Å². The van der Waals surface area contributed by atoms with Gasteiger partial charge in [-0.05, 0) is 139 Å². The first-order chi connectivity index (χ1) is 25.2. The van der Waals surface area contributed by atoms with Gasteiger partial charge in [-0.3, -0.25) is 0 Å². The molecule has 0 fully saturated rings. The van der Waals surface area contributed by atoms with Crippen LogP contribution in [0.3, 0.4) is 0 Å². The van der Waals surface area contributed by atoms with E-state index >= 15 is 0 Å². The summed E-state index contributed by atoms with van der Waals surface area (Å²) in [6.45, 7) is 2.31. The molecule has 10 rings (SSSR count). The van der Waals surface area contributed by atoms with E-state index in [0.29, 0.717) is 0 Å². The summed E-state index contributed by atoms with van der Waals surface area (Å²) in [7, 11) is 0. The minimum absolute atomic E-state index is 0.000645. The average Bonchev–Trinajstić information content (AvgIpc) is 3.88. The van der Waals surface area contributed by atoms with E-state index in [1.54, 1.807) is 0 Å². The second kappa shape index (κ2) is 12.0. The van der Waals surface area contributed by atoms with Crippen LogP contribution in [0.15, 0.2) is 164 Å². The Bertz CT molecular complexity index is 2510. The Morgan fingerprint density at radius 3 is 1.57 bits per heavy atom. The summed E-state index contributed by atoms with van der Waals surface area (Å²) < 4.78 is 2.69. The molecular weight excluding hydrogens is 637 g/mol. The van der Waals surface area contributed by atoms with E-state index in [1.807, 2.05) is 11.3 Å². The fourth-order valence-corrected chi connectivity index (χ4v) is 10.2. The normalized spacial score (nSPS) is 16.1. The fraction of sp³-hybridized carbons (Fsp3) is 0.125. The molecule has 1 spiro atoms. The lowest BCUT2D eigenvalue weighted by Crippen LogP contribution is -2.22. The molecular formula is C48H38N2S. The van der Waals surface area contributed by atoms with E-state index in [9.17, 15) is 0 Å². The number of para-hydroxylation sites is 3. The van der Waals surface area contributed by atoms with Gasteiger partial charge in [-0.2, -0.15) is 0 Å². The lowest BCUT2D eigenvalue weighted by molar-refractivity contribution is 0.507. The van der Waals surface area contributed by atoms with Crippen LogP contribution < -0.4 is 9.80 Å². The van der Waals surface area contributed by atoms with Gasteiger partial charge in [-0.15, -0.1) is 11.3 Å². The molecule has 0 radical (unpaired) electrons. The topological polar surface area (TPSA) is 6.48 Å². The predicted octanol–water partition coefficient (Wildman–Crippen LogP) is 13.5.